The summed E-state index contributed by atoms with van der Waals surface area (Å²) in [5.74, 6) is 0.138. The van der Waals surface area contributed by atoms with Crippen LogP contribution in [0.5, 0.6) is 5.75 Å². The second-order valence-electron chi connectivity index (χ2n) is 5.50. The highest BCUT2D eigenvalue weighted by Crippen LogP contribution is 2.18. The average Bonchev–Trinajstić information content (AvgIpc) is 2.60. The first kappa shape index (κ1) is 16.8. The fourth-order valence-corrected chi connectivity index (χ4v) is 2.32. The molecule has 0 saturated heterocycles. The second-order valence-corrected chi connectivity index (χ2v) is 5.50. The van der Waals surface area contributed by atoms with Crippen molar-refractivity contribution in [2.75, 3.05) is 0 Å². The van der Waals surface area contributed by atoms with Gasteiger partial charge in [-0.25, -0.2) is 9.64 Å². The Bertz CT molecular complexity index is 666. The zero-order chi connectivity index (χ0) is 16.5. The highest BCUT2D eigenvalue weighted by atomic mass is 16.5. The van der Waals surface area contributed by atoms with Crippen LogP contribution >= 0.6 is 0 Å². The van der Waals surface area contributed by atoms with E-state index in [9.17, 15) is 4.79 Å². The molecule has 2 aromatic rings. The van der Waals surface area contributed by atoms with Gasteiger partial charge in [-0.15, -0.1) is 0 Å². The standard InChI is InChI=1S/C20H21NO2/c1-3-4-5-6-7-16-8-14-19(15-9-16)23-20(22)17-10-12-18(21-2)13-11-17/h8-15H,3-7H2,1H3. The van der Waals surface area contributed by atoms with E-state index in [0.717, 1.165) is 6.42 Å². The Morgan fingerprint density at radius 2 is 1.70 bits per heavy atom. The SMILES string of the molecule is [C-]#[N+]c1ccc(C(=O)Oc2ccc(CCCCCC)cc2)cc1. The Morgan fingerprint density at radius 1 is 1.00 bits per heavy atom. The van der Waals surface area contributed by atoms with E-state index in [1.165, 1.54) is 31.2 Å². The molecule has 0 unspecified atom stereocenters. The number of benzene rings is 2. The summed E-state index contributed by atoms with van der Waals surface area (Å²) in [6, 6.07) is 14.1. The minimum atomic E-state index is -0.405. The summed E-state index contributed by atoms with van der Waals surface area (Å²) in [4.78, 5) is 15.3. The number of carbonyl (C=O) groups is 1. The van der Waals surface area contributed by atoms with Crippen LogP contribution < -0.4 is 4.74 Å². The van der Waals surface area contributed by atoms with Gasteiger partial charge in [0.1, 0.15) is 5.75 Å². The van der Waals surface area contributed by atoms with Gasteiger partial charge in [-0.3, -0.25) is 0 Å². The summed E-state index contributed by atoms with van der Waals surface area (Å²) in [7, 11) is 0. The van der Waals surface area contributed by atoms with Crippen molar-refractivity contribution >= 4 is 11.7 Å². The van der Waals surface area contributed by atoms with Crippen molar-refractivity contribution in [3.05, 3.63) is 71.1 Å². The van der Waals surface area contributed by atoms with E-state index in [0.29, 0.717) is 17.0 Å². The zero-order valence-corrected chi connectivity index (χ0v) is 13.4. The Balaban J connectivity index is 1.89. The topological polar surface area (TPSA) is 30.7 Å². The number of hydrogen-bond donors (Lipinski definition) is 0. The van der Waals surface area contributed by atoms with Crippen LogP contribution in [0.4, 0.5) is 5.69 Å². The summed E-state index contributed by atoms with van der Waals surface area (Å²) in [5.41, 5.74) is 2.22. The number of carbonyl (C=O) groups excluding carboxylic acids is 1. The highest BCUT2D eigenvalue weighted by Gasteiger charge is 2.08. The van der Waals surface area contributed by atoms with Crippen LogP contribution in [0.15, 0.2) is 48.5 Å². The van der Waals surface area contributed by atoms with Crippen molar-refractivity contribution < 1.29 is 9.53 Å². The van der Waals surface area contributed by atoms with Crippen LogP contribution in [0.3, 0.4) is 0 Å². The Morgan fingerprint density at radius 3 is 2.30 bits per heavy atom. The summed E-state index contributed by atoms with van der Waals surface area (Å²) in [6.45, 7) is 9.11. The van der Waals surface area contributed by atoms with Gasteiger partial charge in [0.25, 0.3) is 0 Å². The molecule has 3 heteroatoms. The molecule has 0 fully saturated rings. The van der Waals surface area contributed by atoms with Crippen molar-refractivity contribution in [1.82, 2.24) is 0 Å². The number of ether oxygens (including phenoxy) is 1. The molecule has 2 aromatic carbocycles. The minimum Gasteiger partial charge on any atom is -0.423 e. The lowest BCUT2D eigenvalue weighted by atomic mass is 10.1. The number of esters is 1. The summed E-state index contributed by atoms with van der Waals surface area (Å²) in [5, 5.41) is 0. The predicted molar refractivity (Wildman–Crippen MR) is 92.0 cm³/mol. The van der Waals surface area contributed by atoms with E-state index >= 15 is 0 Å². The maximum atomic E-state index is 12.0. The van der Waals surface area contributed by atoms with E-state index in [1.807, 2.05) is 24.3 Å². The molecule has 3 nitrogen and oxygen atoms in total. The van der Waals surface area contributed by atoms with Crippen molar-refractivity contribution in [3.8, 4) is 5.75 Å². The molecular formula is C20H21NO2. The smallest absolute Gasteiger partial charge is 0.343 e. The molecule has 118 valence electrons. The fourth-order valence-electron chi connectivity index (χ4n) is 2.32. The lowest BCUT2D eigenvalue weighted by molar-refractivity contribution is 0.0735. The quantitative estimate of drug-likeness (QED) is 0.289. The predicted octanol–water partition coefficient (Wildman–Crippen LogP) is 5.58. The molecule has 0 aliphatic carbocycles. The highest BCUT2D eigenvalue weighted by molar-refractivity contribution is 5.91. The summed E-state index contributed by atoms with van der Waals surface area (Å²) >= 11 is 0. The van der Waals surface area contributed by atoms with Gasteiger partial charge in [-0.1, -0.05) is 62.6 Å². The van der Waals surface area contributed by atoms with Gasteiger partial charge in [0, 0.05) is 0 Å². The summed E-state index contributed by atoms with van der Waals surface area (Å²) < 4.78 is 5.36. The van der Waals surface area contributed by atoms with E-state index < -0.39 is 5.97 Å². The Hall–Kier alpha value is -2.60. The maximum absolute atomic E-state index is 12.0. The normalized spacial score (nSPS) is 10.1. The Kier molecular flexibility index (Phi) is 6.38. The molecule has 0 aliphatic heterocycles. The third kappa shape index (κ3) is 5.27. The van der Waals surface area contributed by atoms with Crippen molar-refractivity contribution in [3.63, 3.8) is 0 Å². The number of unbranched alkanes of at least 4 members (excludes halogenated alkanes) is 3. The third-order valence-electron chi connectivity index (χ3n) is 3.69. The molecule has 0 amide bonds. The molecule has 0 heterocycles. The number of nitrogens with zero attached hydrogens (tertiary/aromatic N) is 1. The van der Waals surface area contributed by atoms with Crippen LogP contribution in [0, 0.1) is 6.57 Å². The number of aryl methyl sites for hydroxylation is 1. The van der Waals surface area contributed by atoms with Crippen LogP contribution in [-0.4, -0.2) is 5.97 Å². The van der Waals surface area contributed by atoms with Gasteiger partial charge in [-0.2, -0.15) is 0 Å². The maximum Gasteiger partial charge on any atom is 0.343 e. The molecular weight excluding hydrogens is 286 g/mol. The first-order valence-corrected chi connectivity index (χ1v) is 8.01. The van der Waals surface area contributed by atoms with E-state index in [2.05, 4.69) is 11.8 Å². The van der Waals surface area contributed by atoms with Crippen molar-refractivity contribution in [1.29, 1.82) is 0 Å². The lowest BCUT2D eigenvalue weighted by Crippen LogP contribution is -2.08. The van der Waals surface area contributed by atoms with Gasteiger partial charge < -0.3 is 4.74 Å². The first-order valence-electron chi connectivity index (χ1n) is 8.01. The Labute approximate surface area is 137 Å². The lowest BCUT2D eigenvalue weighted by Gasteiger charge is -2.06. The molecule has 0 N–H and O–H groups in total. The zero-order valence-electron chi connectivity index (χ0n) is 13.4. The van der Waals surface area contributed by atoms with Crippen molar-refractivity contribution in [2.45, 2.75) is 39.0 Å². The van der Waals surface area contributed by atoms with Crippen LogP contribution in [0.1, 0.15) is 48.5 Å². The van der Waals surface area contributed by atoms with Gasteiger partial charge >= 0.3 is 5.97 Å². The number of hydrogen-bond acceptors (Lipinski definition) is 2. The fraction of sp³-hybridized carbons (Fsp3) is 0.300. The van der Waals surface area contributed by atoms with Crippen LogP contribution in [0.2, 0.25) is 0 Å². The summed E-state index contributed by atoms with van der Waals surface area (Å²) in [6.07, 6.45) is 6.04. The molecule has 0 bridgehead atoms. The van der Waals surface area contributed by atoms with Crippen LogP contribution in [-0.2, 0) is 6.42 Å². The van der Waals surface area contributed by atoms with Gasteiger partial charge in [0.05, 0.1) is 12.1 Å². The molecule has 0 atom stereocenters. The second kappa shape index (κ2) is 8.75. The average molecular weight is 307 g/mol. The molecule has 0 spiro atoms. The molecule has 0 aliphatic rings. The molecule has 0 radical (unpaired) electrons. The molecule has 23 heavy (non-hydrogen) atoms. The first-order chi connectivity index (χ1) is 11.2. The number of rotatable bonds is 7. The van der Waals surface area contributed by atoms with Crippen molar-refractivity contribution in [2.24, 2.45) is 0 Å². The molecule has 0 aromatic heterocycles. The monoisotopic (exact) mass is 307 g/mol. The molecule has 0 saturated carbocycles. The van der Waals surface area contributed by atoms with E-state index in [4.69, 9.17) is 11.3 Å². The van der Waals surface area contributed by atoms with Gasteiger partial charge in [0.15, 0.2) is 5.69 Å². The largest absolute Gasteiger partial charge is 0.423 e. The van der Waals surface area contributed by atoms with E-state index in [1.54, 1.807) is 24.3 Å². The van der Waals surface area contributed by atoms with Gasteiger partial charge in [0.2, 0.25) is 0 Å². The van der Waals surface area contributed by atoms with Gasteiger partial charge in [-0.05, 0) is 30.5 Å². The molecule has 2 rings (SSSR count). The minimum absolute atomic E-state index is 0.405. The van der Waals surface area contributed by atoms with Crippen LogP contribution in [0.25, 0.3) is 4.85 Å². The third-order valence-corrected chi connectivity index (χ3v) is 3.69. The van der Waals surface area contributed by atoms with E-state index in [-0.39, 0.29) is 0 Å².